The van der Waals surface area contributed by atoms with Gasteiger partial charge in [0.05, 0.1) is 15.6 Å². The topological polar surface area (TPSA) is 77.3 Å². The molecule has 0 aliphatic heterocycles. The van der Waals surface area contributed by atoms with Crippen molar-refractivity contribution < 1.29 is 17.7 Å². The van der Waals surface area contributed by atoms with E-state index in [0.717, 1.165) is 17.8 Å². The maximum atomic E-state index is 13.2. The maximum Gasteiger partial charge on any atom is 0.318 e. The predicted molar refractivity (Wildman–Crippen MR) is 63.4 cm³/mol. The van der Waals surface area contributed by atoms with E-state index in [2.05, 4.69) is 0 Å². The molecule has 5 nitrogen and oxygen atoms in total. The first-order valence-corrected chi connectivity index (χ1v) is 7.75. The van der Waals surface area contributed by atoms with Crippen molar-refractivity contribution >= 4 is 37.2 Å². The number of hydrogen-bond donors (Lipinski definition) is 0. The summed E-state index contributed by atoms with van der Waals surface area (Å²) >= 11 is 0.871. The molecule has 0 saturated carbocycles. The number of nitro groups is 1. The fourth-order valence-electron chi connectivity index (χ4n) is 1.04. The van der Waals surface area contributed by atoms with Gasteiger partial charge in [-0.1, -0.05) is 6.07 Å². The summed E-state index contributed by atoms with van der Waals surface area (Å²) in [6, 6.07) is 3.65. The average molecular weight is 300 g/mol. The molecule has 0 spiro atoms. The molecule has 0 saturated heterocycles. The molecule has 1 rings (SSSR count). The third-order valence-corrected chi connectivity index (χ3v) is 4.18. The number of benzene rings is 1. The first-order valence-electron chi connectivity index (χ1n) is 4.29. The van der Waals surface area contributed by atoms with Crippen LogP contribution in [0.5, 0.6) is 0 Å². The third kappa shape index (κ3) is 4.49. The minimum absolute atomic E-state index is 0.0239. The van der Waals surface area contributed by atoms with Crippen LogP contribution in [0.3, 0.4) is 0 Å². The number of hydrogen-bond acceptors (Lipinski definition) is 5. The Morgan fingerprint density at radius 3 is 2.65 bits per heavy atom. The number of para-hydroxylation sites is 1. The van der Waals surface area contributed by atoms with E-state index in [1.807, 2.05) is 0 Å². The van der Waals surface area contributed by atoms with Crippen molar-refractivity contribution in [2.24, 2.45) is 0 Å². The van der Waals surface area contributed by atoms with Crippen LogP contribution in [-0.2, 0) is 9.05 Å². The molecule has 0 N–H and O–H groups in total. The number of halogens is 2. The molecule has 0 aromatic heterocycles. The third-order valence-electron chi connectivity index (χ3n) is 1.72. The van der Waals surface area contributed by atoms with Gasteiger partial charge in [0.25, 0.3) is 0 Å². The number of nitrogens with zero attached hydrogens (tertiary/aromatic N) is 1. The lowest BCUT2D eigenvalue weighted by molar-refractivity contribution is -0.390. The Hall–Kier alpha value is -0.860. The molecule has 94 valence electrons. The van der Waals surface area contributed by atoms with Crippen molar-refractivity contribution in [3.8, 4) is 0 Å². The summed E-state index contributed by atoms with van der Waals surface area (Å²) in [5, 5.41) is 10.6. The van der Waals surface area contributed by atoms with Gasteiger partial charge in [0.1, 0.15) is 0 Å². The zero-order chi connectivity index (χ0) is 13.1. The smallest absolute Gasteiger partial charge is 0.258 e. The summed E-state index contributed by atoms with van der Waals surface area (Å²) < 4.78 is 34.5. The fraction of sp³-hybridized carbons (Fsp3) is 0.250. The lowest BCUT2D eigenvalue weighted by Crippen LogP contribution is -2.01. The van der Waals surface area contributed by atoms with Gasteiger partial charge in [-0.15, -0.1) is 11.8 Å². The predicted octanol–water partition coefficient (Wildman–Crippen LogP) is 2.39. The average Bonchev–Trinajstić information content (AvgIpc) is 2.14. The molecule has 9 heteroatoms. The molecule has 1 aromatic carbocycles. The molecule has 0 radical (unpaired) electrons. The van der Waals surface area contributed by atoms with Gasteiger partial charge in [0.2, 0.25) is 14.9 Å². The van der Waals surface area contributed by atoms with E-state index in [1.54, 1.807) is 0 Å². The van der Waals surface area contributed by atoms with E-state index in [0.29, 0.717) is 0 Å². The number of rotatable bonds is 5. The molecule has 0 fully saturated rings. The van der Waals surface area contributed by atoms with Crippen molar-refractivity contribution in [2.45, 2.75) is 4.90 Å². The van der Waals surface area contributed by atoms with Crippen molar-refractivity contribution in [3.63, 3.8) is 0 Å². The van der Waals surface area contributed by atoms with Crippen molar-refractivity contribution in [1.29, 1.82) is 0 Å². The van der Waals surface area contributed by atoms with Crippen LogP contribution in [0.2, 0.25) is 0 Å². The van der Waals surface area contributed by atoms with E-state index in [4.69, 9.17) is 10.7 Å². The van der Waals surface area contributed by atoms with Crippen LogP contribution in [0.15, 0.2) is 23.1 Å². The van der Waals surface area contributed by atoms with Gasteiger partial charge in [0.15, 0.2) is 0 Å². The number of thioether (sulfide) groups is 1. The molecule has 1 aromatic rings. The van der Waals surface area contributed by atoms with Gasteiger partial charge < -0.3 is 0 Å². The summed E-state index contributed by atoms with van der Waals surface area (Å²) in [7, 11) is 1.33. The van der Waals surface area contributed by atoms with E-state index >= 15 is 0 Å². The van der Waals surface area contributed by atoms with Crippen LogP contribution in [0.1, 0.15) is 0 Å². The van der Waals surface area contributed by atoms with Gasteiger partial charge in [-0.2, -0.15) is 4.39 Å². The summed E-state index contributed by atoms with van der Waals surface area (Å²) in [4.78, 5) is 9.85. The summed E-state index contributed by atoms with van der Waals surface area (Å²) in [6.45, 7) is 0. The summed E-state index contributed by atoms with van der Waals surface area (Å²) in [6.07, 6.45) is 0. The molecular weight excluding hydrogens is 293 g/mol. The molecule has 0 bridgehead atoms. The molecule has 0 aliphatic carbocycles. The van der Waals surface area contributed by atoms with Crippen LogP contribution in [-0.4, -0.2) is 24.8 Å². The lowest BCUT2D eigenvalue weighted by atomic mass is 10.3. The van der Waals surface area contributed by atoms with Crippen LogP contribution >= 0.6 is 22.4 Å². The quantitative estimate of drug-likeness (QED) is 0.361. The second kappa shape index (κ2) is 5.65. The van der Waals surface area contributed by atoms with Gasteiger partial charge >= 0.3 is 5.69 Å². The summed E-state index contributed by atoms with van der Waals surface area (Å²) in [5.74, 6) is -1.27. The standard InChI is InChI=1S/C8H7ClFNO4S2/c9-17(14,15)5-4-16-7-3-1-2-6(10)8(7)11(12)13/h1-3H,4-5H2. The first kappa shape index (κ1) is 14.2. The SMILES string of the molecule is O=[N+]([O-])c1c(F)cccc1SCCS(=O)(=O)Cl. The van der Waals surface area contributed by atoms with E-state index in [9.17, 15) is 22.9 Å². The largest absolute Gasteiger partial charge is 0.318 e. The highest BCUT2D eigenvalue weighted by molar-refractivity contribution is 8.14. The highest BCUT2D eigenvalue weighted by Gasteiger charge is 2.20. The zero-order valence-corrected chi connectivity index (χ0v) is 10.7. The van der Waals surface area contributed by atoms with Gasteiger partial charge in [-0.05, 0) is 12.1 Å². The van der Waals surface area contributed by atoms with Crippen molar-refractivity contribution in [2.75, 3.05) is 11.5 Å². The molecule has 0 amide bonds. The Morgan fingerprint density at radius 2 is 2.12 bits per heavy atom. The Kier molecular flexibility index (Phi) is 4.72. The van der Waals surface area contributed by atoms with Crippen LogP contribution in [0, 0.1) is 15.9 Å². The Balaban J connectivity index is 2.85. The number of nitro benzene ring substituents is 1. The minimum atomic E-state index is -3.65. The van der Waals surface area contributed by atoms with Crippen LogP contribution in [0.25, 0.3) is 0 Å². The normalized spacial score (nSPS) is 11.4. The monoisotopic (exact) mass is 299 g/mol. The maximum absolute atomic E-state index is 13.2. The van der Waals surface area contributed by atoms with Gasteiger partial charge in [-0.25, -0.2) is 8.42 Å². The second-order valence-electron chi connectivity index (χ2n) is 2.94. The molecule has 0 unspecified atom stereocenters. The first-order chi connectivity index (χ1) is 7.81. The van der Waals surface area contributed by atoms with Crippen LogP contribution < -0.4 is 0 Å². The molecule has 0 aliphatic rings. The molecule has 0 heterocycles. The molecular formula is C8H7ClFNO4S2. The fourth-order valence-corrected chi connectivity index (χ4v) is 3.44. The molecule has 0 atom stereocenters. The molecule has 17 heavy (non-hydrogen) atoms. The van der Waals surface area contributed by atoms with Crippen molar-refractivity contribution in [3.05, 3.63) is 34.1 Å². The van der Waals surface area contributed by atoms with E-state index < -0.39 is 25.5 Å². The highest BCUT2D eigenvalue weighted by Crippen LogP contribution is 2.31. The Bertz CT molecular complexity index is 534. The lowest BCUT2D eigenvalue weighted by Gasteiger charge is -2.02. The van der Waals surface area contributed by atoms with Gasteiger partial charge in [-0.3, -0.25) is 10.1 Å². The van der Waals surface area contributed by atoms with Gasteiger partial charge in [0, 0.05) is 16.4 Å². The highest BCUT2D eigenvalue weighted by atomic mass is 35.7. The zero-order valence-electron chi connectivity index (χ0n) is 8.30. The second-order valence-corrected chi connectivity index (χ2v) is 6.97. The summed E-state index contributed by atoms with van der Waals surface area (Å²) in [5.41, 5.74) is -0.649. The van der Waals surface area contributed by atoms with E-state index in [-0.39, 0.29) is 16.4 Å². The minimum Gasteiger partial charge on any atom is -0.258 e. The Morgan fingerprint density at radius 1 is 1.47 bits per heavy atom. The van der Waals surface area contributed by atoms with Crippen molar-refractivity contribution in [1.82, 2.24) is 0 Å². The van der Waals surface area contributed by atoms with Crippen LogP contribution in [0.4, 0.5) is 10.1 Å². The Labute approximate surface area is 106 Å². The van der Waals surface area contributed by atoms with E-state index in [1.165, 1.54) is 12.1 Å².